The summed E-state index contributed by atoms with van der Waals surface area (Å²) in [6.07, 6.45) is 0. The third-order valence-corrected chi connectivity index (χ3v) is 4.64. The number of carbonyl (C=O) groups excluding carboxylic acids is 1. The van der Waals surface area contributed by atoms with E-state index in [1.807, 2.05) is 36.4 Å². The van der Waals surface area contributed by atoms with Crippen LogP contribution in [0, 0.1) is 0 Å². The smallest absolute Gasteiger partial charge is 0.255 e. The van der Waals surface area contributed by atoms with Gasteiger partial charge in [0.2, 0.25) is 0 Å². The first-order valence-corrected chi connectivity index (χ1v) is 8.74. The summed E-state index contributed by atoms with van der Waals surface area (Å²) in [5.74, 6) is -0.0969. The van der Waals surface area contributed by atoms with Crippen LogP contribution in [-0.4, -0.2) is 48.9 Å². The second-order valence-electron chi connectivity index (χ2n) is 6.63. The Bertz CT molecular complexity index is 712. The molecule has 2 aromatic carbocycles. The molecule has 1 saturated heterocycles. The molecule has 0 unspecified atom stereocenters. The molecule has 0 spiro atoms. The van der Waals surface area contributed by atoms with Crippen LogP contribution >= 0.6 is 12.4 Å². The minimum absolute atomic E-state index is 0. The van der Waals surface area contributed by atoms with Crippen LogP contribution in [0.4, 0.5) is 5.69 Å². The number of hydrogen-bond acceptors (Lipinski definition) is 4. The van der Waals surface area contributed by atoms with Crippen molar-refractivity contribution < 1.29 is 4.79 Å². The predicted molar refractivity (Wildman–Crippen MR) is 109 cm³/mol. The van der Waals surface area contributed by atoms with Gasteiger partial charge in [-0.1, -0.05) is 24.3 Å². The van der Waals surface area contributed by atoms with Crippen LogP contribution in [0.5, 0.6) is 0 Å². The van der Waals surface area contributed by atoms with Gasteiger partial charge in [-0.15, -0.1) is 12.4 Å². The molecule has 0 aliphatic carbocycles. The number of nitrogens with two attached hydrogens (primary N) is 1. The number of likely N-dealkylation sites (N-methyl/N-ethyl adjacent to an activating group) is 1. The number of rotatable bonds is 5. The minimum Gasteiger partial charge on any atom is -0.326 e. The van der Waals surface area contributed by atoms with Crippen LogP contribution in [0.3, 0.4) is 0 Å². The number of hydrogen-bond donors (Lipinski definition) is 2. The highest BCUT2D eigenvalue weighted by atomic mass is 35.5. The molecule has 1 fully saturated rings. The monoisotopic (exact) mass is 374 g/mol. The molecule has 0 atom stereocenters. The van der Waals surface area contributed by atoms with Crippen molar-refractivity contribution in [1.29, 1.82) is 0 Å². The van der Waals surface area contributed by atoms with Crippen molar-refractivity contribution >= 4 is 24.0 Å². The van der Waals surface area contributed by atoms with Crippen LogP contribution < -0.4 is 11.1 Å². The van der Waals surface area contributed by atoms with E-state index in [9.17, 15) is 4.79 Å². The summed E-state index contributed by atoms with van der Waals surface area (Å²) < 4.78 is 0. The number of amides is 1. The largest absolute Gasteiger partial charge is 0.326 e. The van der Waals surface area contributed by atoms with Crippen molar-refractivity contribution in [3.63, 3.8) is 0 Å². The average molecular weight is 375 g/mol. The van der Waals surface area contributed by atoms with E-state index < -0.39 is 0 Å². The molecule has 26 heavy (non-hydrogen) atoms. The lowest BCUT2D eigenvalue weighted by Gasteiger charge is -2.32. The molecule has 1 aliphatic rings. The van der Waals surface area contributed by atoms with E-state index in [4.69, 9.17) is 5.73 Å². The Balaban J connectivity index is 0.00000243. The first-order chi connectivity index (χ1) is 12.1. The zero-order valence-electron chi connectivity index (χ0n) is 15.1. The summed E-state index contributed by atoms with van der Waals surface area (Å²) in [5, 5.41) is 2.98. The van der Waals surface area contributed by atoms with Gasteiger partial charge < -0.3 is 16.0 Å². The standard InChI is InChI=1S/C20H26N4O.ClH/c1-23-9-11-24(12-10-23)15-17-3-2-4-19(13-17)22-20(25)18-7-5-16(14-21)6-8-18;/h2-8,13H,9-12,14-15,21H2,1H3,(H,22,25);1H. The summed E-state index contributed by atoms with van der Waals surface area (Å²) in [4.78, 5) is 17.2. The number of halogens is 1. The Kier molecular flexibility index (Phi) is 7.60. The van der Waals surface area contributed by atoms with E-state index in [1.165, 1.54) is 5.56 Å². The van der Waals surface area contributed by atoms with Gasteiger partial charge in [-0.2, -0.15) is 0 Å². The topological polar surface area (TPSA) is 61.6 Å². The van der Waals surface area contributed by atoms with E-state index in [0.717, 1.165) is 44.0 Å². The maximum Gasteiger partial charge on any atom is 0.255 e. The predicted octanol–water partition coefficient (Wildman–Crippen LogP) is 2.57. The van der Waals surface area contributed by atoms with Crippen LogP contribution in [-0.2, 0) is 13.1 Å². The second kappa shape index (κ2) is 9.69. The summed E-state index contributed by atoms with van der Waals surface area (Å²) in [7, 11) is 2.16. The molecule has 1 heterocycles. The van der Waals surface area contributed by atoms with E-state index in [2.05, 4.69) is 34.3 Å². The maximum atomic E-state index is 12.4. The number of benzene rings is 2. The first-order valence-electron chi connectivity index (χ1n) is 8.74. The highest BCUT2D eigenvalue weighted by Gasteiger charge is 2.14. The zero-order valence-corrected chi connectivity index (χ0v) is 16.0. The lowest BCUT2D eigenvalue weighted by molar-refractivity contribution is 0.102. The van der Waals surface area contributed by atoms with Crippen molar-refractivity contribution in [3.05, 3.63) is 65.2 Å². The van der Waals surface area contributed by atoms with Gasteiger partial charge in [-0.05, 0) is 42.4 Å². The number of piperazine rings is 1. The van der Waals surface area contributed by atoms with E-state index in [1.54, 1.807) is 0 Å². The van der Waals surface area contributed by atoms with E-state index in [-0.39, 0.29) is 18.3 Å². The molecule has 140 valence electrons. The fraction of sp³-hybridized carbons (Fsp3) is 0.350. The van der Waals surface area contributed by atoms with Crippen molar-refractivity contribution in [1.82, 2.24) is 9.80 Å². The Labute approximate surface area is 161 Å². The highest BCUT2D eigenvalue weighted by Crippen LogP contribution is 2.15. The molecule has 2 aromatic rings. The molecule has 3 N–H and O–H groups in total. The molecule has 1 aliphatic heterocycles. The van der Waals surface area contributed by atoms with Crippen molar-refractivity contribution in [3.8, 4) is 0 Å². The van der Waals surface area contributed by atoms with Crippen LogP contribution in [0.1, 0.15) is 21.5 Å². The Morgan fingerprint density at radius 2 is 1.73 bits per heavy atom. The molecule has 1 amide bonds. The van der Waals surface area contributed by atoms with Crippen LogP contribution in [0.2, 0.25) is 0 Å². The van der Waals surface area contributed by atoms with Gasteiger partial charge in [-0.25, -0.2) is 0 Å². The summed E-state index contributed by atoms with van der Waals surface area (Å²) in [5.41, 5.74) is 9.31. The zero-order chi connectivity index (χ0) is 17.6. The molecule has 3 rings (SSSR count). The quantitative estimate of drug-likeness (QED) is 0.844. The molecule has 0 saturated carbocycles. The van der Waals surface area contributed by atoms with Crippen LogP contribution in [0.15, 0.2) is 48.5 Å². The highest BCUT2D eigenvalue weighted by molar-refractivity contribution is 6.04. The van der Waals surface area contributed by atoms with Gasteiger partial charge in [-0.3, -0.25) is 9.69 Å². The fourth-order valence-electron chi connectivity index (χ4n) is 3.01. The Morgan fingerprint density at radius 3 is 2.38 bits per heavy atom. The lowest BCUT2D eigenvalue weighted by Crippen LogP contribution is -2.43. The molecule has 5 nitrogen and oxygen atoms in total. The SMILES string of the molecule is CN1CCN(Cc2cccc(NC(=O)c3ccc(CN)cc3)c2)CC1.Cl. The molecule has 0 aromatic heterocycles. The number of nitrogens with zero attached hydrogens (tertiary/aromatic N) is 2. The average Bonchev–Trinajstić information content (AvgIpc) is 2.64. The van der Waals surface area contributed by atoms with Gasteiger partial charge >= 0.3 is 0 Å². The van der Waals surface area contributed by atoms with Gasteiger partial charge in [0.15, 0.2) is 0 Å². The van der Waals surface area contributed by atoms with Gasteiger partial charge in [0.05, 0.1) is 0 Å². The molecule has 0 radical (unpaired) electrons. The number of anilines is 1. The first kappa shape index (κ1) is 20.4. The summed E-state index contributed by atoms with van der Waals surface area (Å²) in [6.45, 7) is 5.78. The molecular weight excluding hydrogens is 348 g/mol. The minimum atomic E-state index is -0.0969. The van der Waals surface area contributed by atoms with Gasteiger partial charge in [0, 0.05) is 50.5 Å². The molecular formula is C20H27ClN4O. The third kappa shape index (κ3) is 5.54. The normalized spacial score (nSPS) is 15.3. The van der Waals surface area contributed by atoms with E-state index >= 15 is 0 Å². The Hall–Kier alpha value is -1.92. The van der Waals surface area contributed by atoms with Crippen molar-refractivity contribution in [2.24, 2.45) is 5.73 Å². The fourth-order valence-corrected chi connectivity index (χ4v) is 3.01. The van der Waals surface area contributed by atoms with Gasteiger partial charge in [0.1, 0.15) is 0 Å². The number of carbonyl (C=O) groups is 1. The Morgan fingerprint density at radius 1 is 1.04 bits per heavy atom. The number of nitrogens with one attached hydrogen (secondary N) is 1. The lowest BCUT2D eigenvalue weighted by atomic mass is 10.1. The van der Waals surface area contributed by atoms with E-state index in [0.29, 0.717) is 12.1 Å². The van der Waals surface area contributed by atoms with Crippen molar-refractivity contribution in [2.45, 2.75) is 13.1 Å². The van der Waals surface area contributed by atoms with Crippen molar-refractivity contribution in [2.75, 3.05) is 38.5 Å². The molecule has 0 bridgehead atoms. The molecule has 6 heteroatoms. The second-order valence-corrected chi connectivity index (χ2v) is 6.63. The summed E-state index contributed by atoms with van der Waals surface area (Å²) >= 11 is 0. The third-order valence-electron chi connectivity index (χ3n) is 4.64. The maximum absolute atomic E-state index is 12.4. The van der Waals surface area contributed by atoms with Gasteiger partial charge in [0.25, 0.3) is 5.91 Å². The van der Waals surface area contributed by atoms with Crippen LogP contribution in [0.25, 0.3) is 0 Å². The summed E-state index contributed by atoms with van der Waals surface area (Å²) in [6, 6.07) is 15.5.